The number of aliphatic hydroxyl groups is 1. The summed E-state index contributed by atoms with van der Waals surface area (Å²) in [7, 11) is 0. The van der Waals surface area contributed by atoms with Crippen molar-refractivity contribution in [3.8, 4) is 11.5 Å². The number of carbonyl (C=O) groups excluding carboxylic acids is 2. The fourth-order valence-electron chi connectivity index (χ4n) is 7.80. The number of rotatable bonds is 3. The van der Waals surface area contributed by atoms with Gasteiger partial charge in [-0.1, -0.05) is 6.07 Å². The Hall–Kier alpha value is -2.38. The Morgan fingerprint density at radius 1 is 1.09 bits per heavy atom. The second-order valence-corrected chi connectivity index (χ2v) is 11.1. The number of phenolic OH excluding ortho intramolecular Hbond substituents is 1. The number of hydrogen-bond acceptors (Lipinski definition) is 6. The minimum atomic E-state index is -1.02. The van der Waals surface area contributed by atoms with Crippen molar-refractivity contribution in [3.05, 3.63) is 34.4 Å². The third-order valence-electron chi connectivity index (χ3n) is 9.70. The number of ether oxygens (including phenoxy) is 1. The molecule has 1 spiro atoms. The molecule has 7 heteroatoms. The Labute approximate surface area is 193 Å². The SMILES string of the molecule is CC1=C(C)C(=O)N([C@@H]2CC[C@@]3(O)[C@H]4Cc5ccc(O)c6c5[C@@]3(CCN4CC3CC3)[C@H]2O6)C1=O. The smallest absolute Gasteiger partial charge is 0.257 e. The van der Waals surface area contributed by atoms with Crippen molar-refractivity contribution >= 4 is 11.8 Å². The van der Waals surface area contributed by atoms with Gasteiger partial charge in [-0.05, 0) is 76.5 Å². The standard InChI is InChI=1S/C26H30N2O5/c1-13-14(2)24(31)28(23(13)30)17-7-8-26(32)19-11-16-5-6-18(29)21-20(16)25(26,22(17)33-21)9-10-27(19)12-15-3-4-15/h5-6,15,17,19,22,29,32H,3-4,7-12H2,1-2H3/t17-,19-,22+,25+,26-/m1/s1. The molecule has 3 heterocycles. The highest BCUT2D eigenvalue weighted by molar-refractivity contribution is 6.19. The zero-order valence-corrected chi connectivity index (χ0v) is 19.1. The van der Waals surface area contributed by atoms with E-state index in [-0.39, 0.29) is 23.6 Å². The molecule has 5 atom stereocenters. The van der Waals surface area contributed by atoms with E-state index in [0.717, 1.165) is 36.6 Å². The van der Waals surface area contributed by atoms with Crippen LogP contribution in [0.1, 0.15) is 57.1 Å². The number of amides is 2. The van der Waals surface area contributed by atoms with E-state index in [1.165, 1.54) is 17.7 Å². The molecule has 174 valence electrons. The maximum atomic E-state index is 13.1. The Morgan fingerprint density at radius 3 is 2.52 bits per heavy atom. The molecule has 0 unspecified atom stereocenters. The average Bonchev–Trinajstić information content (AvgIpc) is 3.50. The number of imide groups is 1. The number of nitrogens with zero attached hydrogens (tertiary/aromatic N) is 2. The summed E-state index contributed by atoms with van der Waals surface area (Å²) in [5.74, 6) is 0.724. The summed E-state index contributed by atoms with van der Waals surface area (Å²) in [5.41, 5.74) is 1.26. The molecular formula is C26H30N2O5. The fraction of sp³-hybridized carbons (Fsp3) is 0.615. The van der Waals surface area contributed by atoms with Gasteiger partial charge in [0.25, 0.3) is 11.8 Å². The molecule has 7 nitrogen and oxygen atoms in total. The lowest BCUT2D eigenvalue weighted by atomic mass is 9.48. The van der Waals surface area contributed by atoms with Gasteiger partial charge in [0.2, 0.25) is 0 Å². The van der Waals surface area contributed by atoms with Crippen LogP contribution in [-0.2, 0) is 21.4 Å². The van der Waals surface area contributed by atoms with Crippen LogP contribution in [0.4, 0.5) is 0 Å². The van der Waals surface area contributed by atoms with Gasteiger partial charge in [-0.25, -0.2) is 0 Å². The molecule has 6 aliphatic rings. The molecule has 0 radical (unpaired) electrons. The lowest BCUT2D eigenvalue weighted by molar-refractivity contribution is -0.201. The molecular weight excluding hydrogens is 420 g/mol. The second kappa shape index (κ2) is 6.19. The van der Waals surface area contributed by atoms with Crippen molar-refractivity contribution in [3.63, 3.8) is 0 Å². The van der Waals surface area contributed by atoms with Crippen LogP contribution >= 0.6 is 0 Å². The predicted octanol–water partition coefficient (Wildman–Crippen LogP) is 2.03. The molecule has 1 aromatic carbocycles. The molecule has 2 N–H and O–H groups in total. The first-order valence-electron chi connectivity index (χ1n) is 12.3. The van der Waals surface area contributed by atoms with Crippen molar-refractivity contribution < 1.29 is 24.5 Å². The molecule has 3 aliphatic carbocycles. The highest BCUT2D eigenvalue weighted by atomic mass is 16.5. The van der Waals surface area contributed by atoms with Crippen molar-refractivity contribution in [1.29, 1.82) is 0 Å². The summed E-state index contributed by atoms with van der Waals surface area (Å²) < 4.78 is 6.50. The molecule has 1 saturated heterocycles. The molecule has 2 amide bonds. The van der Waals surface area contributed by atoms with Crippen LogP contribution in [0.25, 0.3) is 0 Å². The first kappa shape index (κ1) is 20.0. The Balaban J connectivity index is 1.38. The van der Waals surface area contributed by atoms with Gasteiger partial charge in [-0.2, -0.15) is 0 Å². The van der Waals surface area contributed by atoms with Crippen LogP contribution in [0, 0.1) is 5.92 Å². The van der Waals surface area contributed by atoms with E-state index in [0.29, 0.717) is 36.2 Å². The van der Waals surface area contributed by atoms with E-state index in [2.05, 4.69) is 4.90 Å². The number of aromatic hydroxyl groups is 1. The van der Waals surface area contributed by atoms with Gasteiger partial charge in [0.05, 0.1) is 17.1 Å². The second-order valence-electron chi connectivity index (χ2n) is 11.1. The van der Waals surface area contributed by atoms with Crippen LogP contribution in [0.5, 0.6) is 11.5 Å². The summed E-state index contributed by atoms with van der Waals surface area (Å²) >= 11 is 0. The predicted molar refractivity (Wildman–Crippen MR) is 119 cm³/mol. The van der Waals surface area contributed by atoms with Crippen molar-refractivity contribution in [2.75, 3.05) is 13.1 Å². The van der Waals surface area contributed by atoms with Gasteiger partial charge in [0, 0.05) is 29.3 Å². The van der Waals surface area contributed by atoms with Crippen molar-refractivity contribution in [2.24, 2.45) is 5.92 Å². The van der Waals surface area contributed by atoms with Crippen LogP contribution in [0.3, 0.4) is 0 Å². The number of piperidine rings is 1. The zero-order chi connectivity index (χ0) is 22.9. The molecule has 33 heavy (non-hydrogen) atoms. The van der Waals surface area contributed by atoms with E-state index in [4.69, 9.17) is 4.74 Å². The van der Waals surface area contributed by atoms with Crippen molar-refractivity contribution in [1.82, 2.24) is 9.80 Å². The normalized spacial score (nSPS) is 39.2. The highest BCUT2D eigenvalue weighted by Crippen LogP contribution is 2.66. The van der Waals surface area contributed by atoms with Gasteiger partial charge >= 0.3 is 0 Å². The maximum absolute atomic E-state index is 13.1. The van der Waals surface area contributed by atoms with Gasteiger partial charge in [-0.15, -0.1) is 0 Å². The Morgan fingerprint density at radius 2 is 1.82 bits per heavy atom. The minimum Gasteiger partial charge on any atom is -0.504 e. The third-order valence-corrected chi connectivity index (χ3v) is 9.70. The first-order valence-corrected chi connectivity index (χ1v) is 12.3. The van der Waals surface area contributed by atoms with E-state index in [1.807, 2.05) is 6.07 Å². The van der Waals surface area contributed by atoms with Gasteiger partial charge in [0.1, 0.15) is 6.10 Å². The molecule has 7 rings (SSSR count). The zero-order valence-electron chi connectivity index (χ0n) is 19.1. The van der Waals surface area contributed by atoms with E-state index in [9.17, 15) is 19.8 Å². The molecule has 2 bridgehead atoms. The largest absolute Gasteiger partial charge is 0.504 e. The minimum absolute atomic E-state index is 0.0199. The van der Waals surface area contributed by atoms with E-state index < -0.39 is 23.2 Å². The van der Waals surface area contributed by atoms with Crippen molar-refractivity contribution in [2.45, 2.75) is 81.6 Å². The summed E-state index contributed by atoms with van der Waals surface area (Å²) in [4.78, 5) is 30.1. The number of carbonyl (C=O) groups is 2. The van der Waals surface area contributed by atoms with Crippen LogP contribution < -0.4 is 4.74 Å². The number of benzene rings is 1. The number of hydrogen-bond donors (Lipinski definition) is 2. The topological polar surface area (TPSA) is 90.3 Å². The fourth-order valence-corrected chi connectivity index (χ4v) is 7.80. The maximum Gasteiger partial charge on any atom is 0.257 e. The molecule has 3 aliphatic heterocycles. The highest BCUT2D eigenvalue weighted by Gasteiger charge is 2.74. The quantitative estimate of drug-likeness (QED) is 0.685. The Kier molecular flexibility index (Phi) is 3.76. The van der Waals surface area contributed by atoms with Gasteiger partial charge in [-0.3, -0.25) is 19.4 Å². The van der Waals surface area contributed by atoms with Crippen LogP contribution in [0.15, 0.2) is 23.3 Å². The summed E-state index contributed by atoms with van der Waals surface area (Å²) in [6.07, 6.45) is 4.40. The molecule has 2 saturated carbocycles. The average molecular weight is 451 g/mol. The summed E-state index contributed by atoms with van der Waals surface area (Å²) in [5, 5.41) is 23.2. The lowest BCUT2D eigenvalue weighted by Gasteiger charge is -2.64. The van der Waals surface area contributed by atoms with E-state index in [1.54, 1.807) is 19.9 Å². The molecule has 0 aromatic heterocycles. The summed E-state index contributed by atoms with van der Waals surface area (Å²) in [6, 6.07) is 3.17. The van der Waals surface area contributed by atoms with Gasteiger partial charge < -0.3 is 14.9 Å². The molecule has 1 aromatic rings. The molecule has 3 fully saturated rings. The Bertz CT molecular complexity index is 1130. The van der Waals surface area contributed by atoms with Crippen LogP contribution in [-0.4, -0.2) is 68.7 Å². The monoisotopic (exact) mass is 450 g/mol. The summed E-state index contributed by atoms with van der Waals surface area (Å²) in [6.45, 7) is 5.27. The van der Waals surface area contributed by atoms with Crippen LogP contribution in [0.2, 0.25) is 0 Å². The third kappa shape index (κ3) is 2.23. The lowest BCUT2D eigenvalue weighted by Crippen LogP contribution is -2.78. The van der Waals surface area contributed by atoms with E-state index >= 15 is 0 Å². The first-order chi connectivity index (χ1) is 15.8. The number of likely N-dealkylation sites (tertiary alicyclic amines) is 1. The number of phenols is 1. The van der Waals surface area contributed by atoms with Gasteiger partial charge in [0.15, 0.2) is 11.5 Å².